The summed E-state index contributed by atoms with van der Waals surface area (Å²) >= 11 is 0. The molecule has 1 atom stereocenters. The van der Waals surface area contributed by atoms with Gasteiger partial charge in [-0.25, -0.2) is 0 Å². The molecule has 82 valence electrons. The van der Waals surface area contributed by atoms with Crippen LogP contribution in [0.5, 0.6) is 0 Å². The number of benzene rings is 1. The van der Waals surface area contributed by atoms with Crippen LogP contribution < -0.4 is 0 Å². The van der Waals surface area contributed by atoms with Crippen LogP contribution in [0.25, 0.3) is 6.08 Å². The highest BCUT2D eigenvalue weighted by atomic mass is 15.1. The minimum atomic E-state index is 0.514. The van der Waals surface area contributed by atoms with Crippen molar-refractivity contribution in [2.24, 2.45) is 0 Å². The van der Waals surface area contributed by atoms with Crippen LogP contribution in [0.2, 0.25) is 0 Å². The van der Waals surface area contributed by atoms with E-state index in [0.717, 1.165) is 13.1 Å². The standard InChI is InChI=1S/C14H21N/c1-4-15(5-2)13(3)11-12-14-9-7-6-8-10-14/h6-13H,4-5H2,1-3H3. The molecule has 1 aromatic carbocycles. The van der Waals surface area contributed by atoms with Crippen molar-refractivity contribution in [2.75, 3.05) is 13.1 Å². The summed E-state index contributed by atoms with van der Waals surface area (Å²) in [5.41, 5.74) is 1.27. The summed E-state index contributed by atoms with van der Waals surface area (Å²) in [6.45, 7) is 8.87. The zero-order valence-electron chi connectivity index (χ0n) is 9.98. The van der Waals surface area contributed by atoms with Gasteiger partial charge >= 0.3 is 0 Å². The lowest BCUT2D eigenvalue weighted by Gasteiger charge is -2.23. The third-order valence-electron chi connectivity index (χ3n) is 2.76. The third-order valence-corrected chi connectivity index (χ3v) is 2.76. The summed E-state index contributed by atoms with van der Waals surface area (Å²) in [7, 11) is 0. The summed E-state index contributed by atoms with van der Waals surface area (Å²) < 4.78 is 0. The van der Waals surface area contributed by atoms with Crippen LogP contribution in [-0.2, 0) is 0 Å². The Bertz CT molecular complexity index is 285. The molecule has 0 aromatic heterocycles. The van der Waals surface area contributed by atoms with Crippen molar-refractivity contribution < 1.29 is 0 Å². The molecule has 15 heavy (non-hydrogen) atoms. The summed E-state index contributed by atoms with van der Waals surface area (Å²) in [5, 5.41) is 0. The molecule has 0 saturated carbocycles. The van der Waals surface area contributed by atoms with Crippen molar-refractivity contribution in [3.8, 4) is 0 Å². The molecule has 1 heteroatoms. The second kappa shape index (κ2) is 6.41. The molecule has 1 nitrogen and oxygen atoms in total. The molecule has 0 spiro atoms. The molecule has 0 bridgehead atoms. The molecule has 0 aliphatic rings. The Morgan fingerprint density at radius 3 is 2.27 bits per heavy atom. The van der Waals surface area contributed by atoms with Crippen LogP contribution in [0.4, 0.5) is 0 Å². The summed E-state index contributed by atoms with van der Waals surface area (Å²) in [4.78, 5) is 2.43. The maximum absolute atomic E-state index is 2.43. The molecular formula is C14H21N. The summed E-state index contributed by atoms with van der Waals surface area (Å²) in [5.74, 6) is 0. The molecular weight excluding hydrogens is 182 g/mol. The molecule has 0 heterocycles. The van der Waals surface area contributed by atoms with E-state index < -0.39 is 0 Å². The number of rotatable bonds is 5. The molecule has 0 saturated heterocycles. The van der Waals surface area contributed by atoms with Crippen LogP contribution in [0.3, 0.4) is 0 Å². The molecule has 1 aromatic rings. The number of nitrogens with zero attached hydrogens (tertiary/aromatic N) is 1. The Balaban J connectivity index is 2.57. The van der Waals surface area contributed by atoms with Gasteiger partial charge in [0.1, 0.15) is 0 Å². The van der Waals surface area contributed by atoms with E-state index in [1.807, 2.05) is 6.07 Å². The zero-order valence-corrected chi connectivity index (χ0v) is 9.98. The van der Waals surface area contributed by atoms with Crippen molar-refractivity contribution in [2.45, 2.75) is 26.8 Å². The van der Waals surface area contributed by atoms with E-state index in [1.54, 1.807) is 0 Å². The van der Waals surface area contributed by atoms with Crippen molar-refractivity contribution in [3.63, 3.8) is 0 Å². The largest absolute Gasteiger partial charge is 0.298 e. The highest BCUT2D eigenvalue weighted by Gasteiger charge is 2.04. The highest BCUT2D eigenvalue weighted by molar-refractivity contribution is 5.49. The second-order valence-corrected chi connectivity index (χ2v) is 3.73. The molecule has 0 aliphatic carbocycles. The Morgan fingerprint density at radius 2 is 1.73 bits per heavy atom. The first-order chi connectivity index (χ1) is 7.27. The third kappa shape index (κ3) is 3.88. The molecule has 1 unspecified atom stereocenters. The van der Waals surface area contributed by atoms with Crippen LogP contribution in [-0.4, -0.2) is 24.0 Å². The fourth-order valence-electron chi connectivity index (χ4n) is 1.74. The van der Waals surface area contributed by atoms with Crippen LogP contribution in [0, 0.1) is 0 Å². The number of hydrogen-bond acceptors (Lipinski definition) is 1. The monoisotopic (exact) mass is 203 g/mol. The first-order valence-electron chi connectivity index (χ1n) is 5.75. The van der Waals surface area contributed by atoms with E-state index in [2.05, 4.69) is 62.1 Å². The highest BCUT2D eigenvalue weighted by Crippen LogP contribution is 2.05. The SMILES string of the molecule is CCN(CC)C(C)C=Cc1ccccc1. The van der Waals surface area contributed by atoms with E-state index >= 15 is 0 Å². The van der Waals surface area contributed by atoms with E-state index in [9.17, 15) is 0 Å². The van der Waals surface area contributed by atoms with Gasteiger partial charge in [-0.1, -0.05) is 56.3 Å². The Morgan fingerprint density at radius 1 is 1.13 bits per heavy atom. The van der Waals surface area contributed by atoms with Gasteiger partial charge < -0.3 is 0 Å². The quantitative estimate of drug-likeness (QED) is 0.708. The van der Waals surface area contributed by atoms with Gasteiger partial charge in [-0.3, -0.25) is 4.90 Å². The lowest BCUT2D eigenvalue weighted by molar-refractivity contribution is 0.269. The minimum Gasteiger partial charge on any atom is -0.298 e. The van der Waals surface area contributed by atoms with Crippen LogP contribution >= 0.6 is 0 Å². The Hall–Kier alpha value is -1.08. The van der Waals surface area contributed by atoms with Crippen molar-refractivity contribution >= 4 is 6.08 Å². The van der Waals surface area contributed by atoms with Crippen LogP contribution in [0.15, 0.2) is 36.4 Å². The first-order valence-corrected chi connectivity index (χ1v) is 5.75. The average molecular weight is 203 g/mol. The van der Waals surface area contributed by atoms with Gasteiger partial charge in [-0.05, 0) is 25.6 Å². The molecule has 0 aliphatic heterocycles. The topological polar surface area (TPSA) is 3.24 Å². The van der Waals surface area contributed by atoms with Gasteiger partial charge in [0, 0.05) is 6.04 Å². The Labute approximate surface area is 93.4 Å². The van der Waals surface area contributed by atoms with E-state index in [1.165, 1.54) is 5.56 Å². The van der Waals surface area contributed by atoms with Gasteiger partial charge in [-0.15, -0.1) is 0 Å². The van der Waals surface area contributed by atoms with E-state index in [4.69, 9.17) is 0 Å². The molecule has 1 rings (SSSR count). The lowest BCUT2D eigenvalue weighted by atomic mass is 10.1. The van der Waals surface area contributed by atoms with Gasteiger partial charge in [0.25, 0.3) is 0 Å². The van der Waals surface area contributed by atoms with Crippen molar-refractivity contribution in [3.05, 3.63) is 42.0 Å². The molecule has 0 fully saturated rings. The van der Waals surface area contributed by atoms with Gasteiger partial charge in [0.2, 0.25) is 0 Å². The van der Waals surface area contributed by atoms with Crippen molar-refractivity contribution in [1.29, 1.82) is 0 Å². The number of hydrogen-bond donors (Lipinski definition) is 0. The average Bonchev–Trinajstić information content (AvgIpc) is 2.29. The Kier molecular flexibility index (Phi) is 5.13. The normalized spacial score (nSPS) is 13.6. The van der Waals surface area contributed by atoms with E-state index in [0.29, 0.717) is 6.04 Å². The lowest BCUT2D eigenvalue weighted by Crippen LogP contribution is -2.30. The predicted octanol–water partition coefficient (Wildman–Crippen LogP) is 3.43. The minimum absolute atomic E-state index is 0.514. The zero-order chi connectivity index (χ0) is 11.1. The second-order valence-electron chi connectivity index (χ2n) is 3.73. The molecule has 0 amide bonds. The smallest absolute Gasteiger partial charge is 0.0252 e. The maximum Gasteiger partial charge on any atom is 0.0252 e. The molecule has 0 N–H and O–H groups in total. The maximum atomic E-state index is 2.43. The van der Waals surface area contributed by atoms with Gasteiger partial charge in [0.05, 0.1) is 0 Å². The fourth-order valence-corrected chi connectivity index (χ4v) is 1.74. The van der Waals surface area contributed by atoms with Crippen LogP contribution in [0.1, 0.15) is 26.3 Å². The molecule has 0 radical (unpaired) electrons. The van der Waals surface area contributed by atoms with E-state index in [-0.39, 0.29) is 0 Å². The van der Waals surface area contributed by atoms with Gasteiger partial charge in [0.15, 0.2) is 0 Å². The fraction of sp³-hybridized carbons (Fsp3) is 0.429. The first kappa shape index (κ1) is 12.0. The number of likely N-dealkylation sites (N-methyl/N-ethyl adjacent to an activating group) is 1. The van der Waals surface area contributed by atoms with Gasteiger partial charge in [-0.2, -0.15) is 0 Å². The summed E-state index contributed by atoms with van der Waals surface area (Å²) in [6.07, 6.45) is 4.46. The van der Waals surface area contributed by atoms with Crippen molar-refractivity contribution in [1.82, 2.24) is 4.90 Å². The summed E-state index contributed by atoms with van der Waals surface area (Å²) in [6, 6.07) is 11.0. The predicted molar refractivity (Wildman–Crippen MR) is 67.9 cm³/mol.